The summed E-state index contributed by atoms with van der Waals surface area (Å²) in [4.78, 5) is 22.9. The molecule has 0 aliphatic carbocycles. The van der Waals surface area contributed by atoms with Crippen molar-refractivity contribution in [2.45, 2.75) is 39.1 Å². The number of halogens is 3. The van der Waals surface area contributed by atoms with Crippen molar-refractivity contribution in [2.75, 3.05) is 0 Å². The third kappa shape index (κ3) is 7.53. The quantitative estimate of drug-likeness (QED) is 0.804. The van der Waals surface area contributed by atoms with Crippen LogP contribution in [-0.2, 0) is 16.0 Å². The van der Waals surface area contributed by atoms with Crippen LogP contribution in [0.5, 0.6) is 5.75 Å². The number of carbonyl (C=O) groups is 2. The number of carboxylic acids is 1. The largest absolute Gasteiger partial charge is 0.573 e. The lowest BCUT2D eigenvalue weighted by Crippen LogP contribution is -2.42. The van der Waals surface area contributed by atoms with Gasteiger partial charge < -0.3 is 15.2 Å². The molecule has 0 saturated carbocycles. The summed E-state index contributed by atoms with van der Waals surface area (Å²) in [5, 5.41) is 11.4. The topological polar surface area (TPSA) is 75.6 Å². The Morgan fingerprint density at radius 2 is 1.78 bits per heavy atom. The average molecular weight is 333 g/mol. The number of nitrogens with one attached hydrogen (secondary N) is 1. The van der Waals surface area contributed by atoms with Gasteiger partial charge in [-0.25, -0.2) is 4.79 Å². The molecule has 1 atom stereocenters. The van der Waals surface area contributed by atoms with Gasteiger partial charge in [0.05, 0.1) is 6.42 Å². The Bertz CT molecular complexity index is 541. The fourth-order valence-corrected chi connectivity index (χ4v) is 1.93. The minimum absolute atomic E-state index is 0.0928. The molecule has 0 aliphatic heterocycles. The first-order valence-electron chi connectivity index (χ1n) is 6.93. The molecule has 1 aromatic rings. The zero-order valence-corrected chi connectivity index (χ0v) is 12.7. The lowest BCUT2D eigenvalue weighted by molar-refractivity contribution is -0.274. The number of ether oxygens (including phenoxy) is 1. The average Bonchev–Trinajstić information content (AvgIpc) is 2.38. The summed E-state index contributed by atoms with van der Waals surface area (Å²) in [6.45, 7) is 3.67. The Labute approximate surface area is 131 Å². The molecule has 2 N–H and O–H groups in total. The van der Waals surface area contributed by atoms with E-state index in [4.69, 9.17) is 5.11 Å². The molecule has 1 amide bonds. The van der Waals surface area contributed by atoms with Gasteiger partial charge >= 0.3 is 12.3 Å². The summed E-state index contributed by atoms with van der Waals surface area (Å²) in [6.07, 6.45) is -4.61. The molecule has 0 aliphatic rings. The first-order valence-corrected chi connectivity index (χ1v) is 6.93. The molecular weight excluding hydrogens is 315 g/mol. The van der Waals surface area contributed by atoms with E-state index >= 15 is 0 Å². The van der Waals surface area contributed by atoms with E-state index in [1.165, 1.54) is 12.1 Å². The van der Waals surface area contributed by atoms with Crippen molar-refractivity contribution in [1.82, 2.24) is 5.32 Å². The molecule has 5 nitrogen and oxygen atoms in total. The van der Waals surface area contributed by atoms with Gasteiger partial charge in [0.2, 0.25) is 5.91 Å². The van der Waals surface area contributed by atoms with Crippen LogP contribution in [0.3, 0.4) is 0 Å². The van der Waals surface area contributed by atoms with Gasteiger partial charge in [-0.1, -0.05) is 26.0 Å². The Morgan fingerprint density at radius 1 is 1.22 bits per heavy atom. The number of rotatable bonds is 7. The Hall–Kier alpha value is -2.25. The highest BCUT2D eigenvalue weighted by Crippen LogP contribution is 2.22. The number of hydrogen-bond acceptors (Lipinski definition) is 3. The molecule has 0 aromatic heterocycles. The second-order valence-corrected chi connectivity index (χ2v) is 5.46. The molecule has 23 heavy (non-hydrogen) atoms. The maximum Gasteiger partial charge on any atom is 0.573 e. The van der Waals surface area contributed by atoms with E-state index in [0.29, 0.717) is 12.0 Å². The maximum absolute atomic E-state index is 12.0. The lowest BCUT2D eigenvalue weighted by atomic mass is 10.0. The molecule has 0 heterocycles. The maximum atomic E-state index is 12.0. The highest BCUT2D eigenvalue weighted by molar-refractivity contribution is 5.84. The van der Waals surface area contributed by atoms with Gasteiger partial charge in [-0.2, -0.15) is 0 Å². The fourth-order valence-electron chi connectivity index (χ4n) is 1.93. The number of carboxylic acid groups (broad SMARTS) is 1. The molecule has 0 saturated heterocycles. The van der Waals surface area contributed by atoms with Crippen LogP contribution in [0.4, 0.5) is 13.2 Å². The van der Waals surface area contributed by atoms with Crippen LogP contribution < -0.4 is 10.1 Å². The Balaban J connectivity index is 2.61. The van der Waals surface area contributed by atoms with Crippen LogP contribution in [0.1, 0.15) is 25.8 Å². The van der Waals surface area contributed by atoms with Gasteiger partial charge in [-0.3, -0.25) is 4.79 Å². The van der Waals surface area contributed by atoms with E-state index in [1.54, 1.807) is 0 Å². The van der Waals surface area contributed by atoms with Crippen LogP contribution in [0.15, 0.2) is 24.3 Å². The summed E-state index contributed by atoms with van der Waals surface area (Å²) in [5.41, 5.74) is 0.450. The third-order valence-electron chi connectivity index (χ3n) is 2.86. The van der Waals surface area contributed by atoms with Crippen LogP contribution in [-0.4, -0.2) is 29.4 Å². The predicted octanol–water partition coefficient (Wildman–Crippen LogP) is 2.74. The molecule has 128 valence electrons. The van der Waals surface area contributed by atoms with E-state index in [1.807, 2.05) is 13.8 Å². The number of aliphatic carboxylic acids is 1. The number of alkyl halides is 3. The fraction of sp³-hybridized carbons (Fsp3) is 0.467. The molecule has 1 rings (SSSR count). The smallest absolute Gasteiger partial charge is 0.480 e. The highest BCUT2D eigenvalue weighted by atomic mass is 19.4. The SMILES string of the molecule is CC(C)CC(NC(=O)Cc1ccc(OC(F)(F)F)cc1)C(=O)O. The summed E-state index contributed by atoms with van der Waals surface area (Å²) >= 11 is 0. The summed E-state index contributed by atoms with van der Waals surface area (Å²) < 4.78 is 39.8. The zero-order chi connectivity index (χ0) is 17.6. The summed E-state index contributed by atoms with van der Waals surface area (Å²) in [5.74, 6) is -1.93. The first-order chi connectivity index (χ1) is 10.6. The van der Waals surface area contributed by atoms with Crippen molar-refractivity contribution < 1.29 is 32.6 Å². The molecule has 1 unspecified atom stereocenters. The minimum atomic E-state index is -4.77. The van der Waals surface area contributed by atoms with Crippen LogP contribution in [0, 0.1) is 5.92 Å². The Kier molecular flexibility index (Phi) is 6.41. The van der Waals surface area contributed by atoms with Crippen molar-refractivity contribution in [2.24, 2.45) is 5.92 Å². The minimum Gasteiger partial charge on any atom is -0.480 e. The normalized spacial score (nSPS) is 12.8. The van der Waals surface area contributed by atoms with Crippen molar-refractivity contribution in [3.05, 3.63) is 29.8 Å². The predicted molar refractivity (Wildman–Crippen MR) is 75.9 cm³/mol. The number of carbonyl (C=O) groups excluding carboxylic acids is 1. The molecule has 8 heteroatoms. The van der Waals surface area contributed by atoms with E-state index in [-0.39, 0.29) is 18.1 Å². The number of hydrogen-bond donors (Lipinski definition) is 2. The van der Waals surface area contributed by atoms with Crippen molar-refractivity contribution in [3.8, 4) is 5.75 Å². The Morgan fingerprint density at radius 3 is 2.22 bits per heavy atom. The highest BCUT2D eigenvalue weighted by Gasteiger charge is 2.31. The zero-order valence-electron chi connectivity index (χ0n) is 12.7. The van der Waals surface area contributed by atoms with Crippen molar-refractivity contribution in [1.29, 1.82) is 0 Å². The van der Waals surface area contributed by atoms with Gasteiger partial charge in [0, 0.05) is 0 Å². The van der Waals surface area contributed by atoms with Gasteiger partial charge in [0.1, 0.15) is 11.8 Å². The molecule has 0 spiro atoms. The van der Waals surface area contributed by atoms with E-state index < -0.39 is 24.3 Å². The summed E-state index contributed by atoms with van der Waals surface area (Å²) in [7, 11) is 0. The molecule has 0 fully saturated rings. The third-order valence-corrected chi connectivity index (χ3v) is 2.86. The monoisotopic (exact) mass is 333 g/mol. The van der Waals surface area contributed by atoms with Crippen molar-refractivity contribution in [3.63, 3.8) is 0 Å². The second-order valence-electron chi connectivity index (χ2n) is 5.46. The molecule has 1 aromatic carbocycles. The van der Waals surface area contributed by atoms with E-state index in [2.05, 4.69) is 10.1 Å². The van der Waals surface area contributed by atoms with Gasteiger partial charge in [-0.15, -0.1) is 13.2 Å². The molecular formula is C15H18F3NO4. The second kappa shape index (κ2) is 7.85. The molecule has 0 bridgehead atoms. The molecule has 0 radical (unpaired) electrons. The van der Waals surface area contributed by atoms with Gasteiger partial charge in [0.25, 0.3) is 0 Å². The van der Waals surface area contributed by atoms with Gasteiger partial charge in [0.15, 0.2) is 0 Å². The summed E-state index contributed by atoms with van der Waals surface area (Å²) in [6, 6.07) is 3.84. The van der Waals surface area contributed by atoms with E-state index in [0.717, 1.165) is 12.1 Å². The van der Waals surface area contributed by atoms with Crippen LogP contribution in [0.25, 0.3) is 0 Å². The van der Waals surface area contributed by atoms with Crippen LogP contribution >= 0.6 is 0 Å². The van der Waals surface area contributed by atoms with Crippen LogP contribution in [0.2, 0.25) is 0 Å². The van der Waals surface area contributed by atoms with E-state index in [9.17, 15) is 22.8 Å². The van der Waals surface area contributed by atoms with Crippen molar-refractivity contribution >= 4 is 11.9 Å². The van der Waals surface area contributed by atoms with Gasteiger partial charge in [-0.05, 0) is 30.0 Å². The first kappa shape index (κ1) is 18.8. The standard InChI is InChI=1S/C15H18F3NO4/c1-9(2)7-12(14(21)22)19-13(20)8-10-3-5-11(6-4-10)23-15(16,17)18/h3-6,9,12H,7-8H2,1-2H3,(H,19,20)(H,21,22). The number of benzene rings is 1. The lowest BCUT2D eigenvalue weighted by Gasteiger charge is -2.16. The number of amides is 1.